The van der Waals surface area contributed by atoms with Crippen molar-refractivity contribution in [3.05, 3.63) is 35.4 Å². The van der Waals surface area contributed by atoms with E-state index in [1.807, 2.05) is 0 Å². The standard InChI is InChI=1S/C14H16Br2F2O2S/c15-8-14(9-16,11-3-4-21(19,20)7-11)6-10-5-12(17)1-2-13(10)18/h1-2,5,11H,3-4,6-9H2. The first kappa shape index (κ1) is 17.3. The Morgan fingerprint density at radius 1 is 1.24 bits per heavy atom. The van der Waals surface area contributed by atoms with Crippen molar-refractivity contribution < 1.29 is 17.2 Å². The summed E-state index contributed by atoms with van der Waals surface area (Å²) < 4.78 is 50.7. The molecule has 0 amide bonds. The molecule has 118 valence electrons. The molecule has 1 unspecified atom stereocenters. The van der Waals surface area contributed by atoms with Crippen LogP contribution in [-0.4, -0.2) is 30.6 Å². The van der Waals surface area contributed by atoms with Crippen LogP contribution in [0, 0.1) is 23.0 Å². The molecule has 1 aliphatic heterocycles. The minimum atomic E-state index is -3.02. The summed E-state index contributed by atoms with van der Waals surface area (Å²) in [5.41, 5.74) is -0.156. The summed E-state index contributed by atoms with van der Waals surface area (Å²) in [4.78, 5) is 0. The van der Waals surface area contributed by atoms with E-state index < -0.39 is 26.9 Å². The largest absolute Gasteiger partial charge is 0.229 e. The molecule has 7 heteroatoms. The van der Waals surface area contributed by atoms with Gasteiger partial charge in [0.2, 0.25) is 0 Å². The van der Waals surface area contributed by atoms with Gasteiger partial charge in [0, 0.05) is 10.7 Å². The lowest BCUT2D eigenvalue weighted by atomic mass is 9.74. The average Bonchev–Trinajstić information content (AvgIpc) is 2.81. The summed E-state index contributed by atoms with van der Waals surface area (Å²) in [6, 6.07) is 3.39. The van der Waals surface area contributed by atoms with Crippen LogP contribution in [0.4, 0.5) is 8.78 Å². The van der Waals surface area contributed by atoms with Gasteiger partial charge < -0.3 is 0 Å². The van der Waals surface area contributed by atoms with E-state index in [1.54, 1.807) is 0 Å². The highest BCUT2D eigenvalue weighted by Crippen LogP contribution is 2.42. The molecule has 1 aromatic carbocycles. The molecule has 0 N–H and O–H groups in total. The van der Waals surface area contributed by atoms with Gasteiger partial charge >= 0.3 is 0 Å². The summed E-state index contributed by atoms with van der Waals surface area (Å²) in [5, 5.41) is 1.06. The van der Waals surface area contributed by atoms with E-state index in [2.05, 4.69) is 31.9 Å². The molecule has 0 bridgehead atoms. The van der Waals surface area contributed by atoms with Crippen LogP contribution in [0.25, 0.3) is 0 Å². The molecule has 1 saturated heterocycles. The Kier molecular flexibility index (Phi) is 5.47. The van der Waals surface area contributed by atoms with E-state index in [4.69, 9.17) is 0 Å². The zero-order chi connectivity index (χ0) is 15.7. The van der Waals surface area contributed by atoms with Gasteiger partial charge in [-0.3, -0.25) is 0 Å². The number of halogens is 4. The predicted molar refractivity (Wildman–Crippen MR) is 86.8 cm³/mol. The highest BCUT2D eigenvalue weighted by molar-refractivity contribution is 9.09. The Morgan fingerprint density at radius 3 is 2.43 bits per heavy atom. The van der Waals surface area contributed by atoms with Gasteiger partial charge in [0.05, 0.1) is 11.5 Å². The Hall–Kier alpha value is -0.0100. The van der Waals surface area contributed by atoms with Gasteiger partial charge in [-0.2, -0.15) is 0 Å². The van der Waals surface area contributed by atoms with Crippen molar-refractivity contribution in [3.63, 3.8) is 0 Å². The van der Waals surface area contributed by atoms with E-state index in [-0.39, 0.29) is 23.0 Å². The molecular formula is C14H16Br2F2O2S. The number of hydrogen-bond acceptors (Lipinski definition) is 2. The van der Waals surface area contributed by atoms with Crippen molar-refractivity contribution in [1.29, 1.82) is 0 Å². The van der Waals surface area contributed by atoms with E-state index in [0.29, 0.717) is 23.5 Å². The third-order valence-electron chi connectivity index (χ3n) is 4.18. The molecule has 0 aromatic heterocycles. The summed E-state index contributed by atoms with van der Waals surface area (Å²) in [6.45, 7) is 0. The van der Waals surface area contributed by atoms with Crippen LogP contribution in [0.1, 0.15) is 12.0 Å². The second-order valence-electron chi connectivity index (χ2n) is 5.64. The lowest BCUT2D eigenvalue weighted by Gasteiger charge is -2.36. The first-order valence-corrected chi connectivity index (χ1v) is 10.6. The number of sulfone groups is 1. The maximum absolute atomic E-state index is 13.9. The summed E-state index contributed by atoms with van der Waals surface area (Å²) in [5.74, 6) is -0.720. The molecule has 2 nitrogen and oxygen atoms in total. The summed E-state index contributed by atoms with van der Waals surface area (Å²) >= 11 is 6.88. The monoisotopic (exact) mass is 444 g/mol. The SMILES string of the molecule is O=S1(=O)CCC(C(CBr)(CBr)Cc2cc(F)ccc2F)C1. The van der Waals surface area contributed by atoms with E-state index >= 15 is 0 Å². The Labute approximate surface area is 140 Å². The second-order valence-corrected chi connectivity index (χ2v) is 8.99. The third-order valence-corrected chi connectivity index (χ3v) is 8.18. The van der Waals surface area contributed by atoms with Gasteiger partial charge in [-0.05, 0) is 47.9 Å². The Balaban J connectivity index is 2.32. The molecular weight excluding hydrogens is 430 g/mol. The Morgan fingerprint density at radius 2 is 1.90 bits per heavy atom. The average molecular weight is 446 g/mol. The molecule has 1 aromatic rings. The number of rotatable bonds is 5. The minimum Gasteiger partial charge on any atom is -0.229 e. The van der Waals surface area contributed by atoms with Crippen molar-refractivity contribution >= 4 is 41.7 Å². The molecule has 21 heavy (non-hydrogen) atoms. The fraction of sp³-hybridized carbons (Fsp3) is 0.571. The van der Waals surface area contributed by atoms with Gasteiger partial charge in [0.1, 0.15) is 11.6 Å². The van der Waals surface area contributed by atoms with Crippen LogP contribution >= 0.6 is 31.9 Å². The normalized spacial score (nSPS) is 21.6. The highest BCUT2D eigenvalue weighted by Gasteiger charge is 2.43. The summed E-state index contributed by atoms with van der Waals surface area (Å²) in [7, 11) is -3.02. The van der Waals surface area contributed by atoms with Crippen molar-refractivity contribution in [1.82, 2.24) is 0 Å². The lowest BCUT2D eigenvalue weighted by Crippen LogP contribution is -2.37. The first-order chi connectivity index (χ1) is 9.82. The molecule has 2 rings (SSSR count). The zero-order valence-corrected chi connectivity index (χ0v) is 15.3. The van der Waals surface area contributed by atoms with Gasteiger partial charge in [-0.1, -0.05) is 31.9 Å². The van der Waals surface area contributed by atoms with Gasteiger partial charge in [-0.25, -0.2) is 17.2 Å². The van der Waals surface area contributed by atoms with Crippen molar-refractivity contribution in [2.24, 2.45) is 11.3 Å². The van der Waals surface area contributed by atoms with E-state index in [1.165, 1.54) is 6.07 Å². The van der Waals surface area contributed by atoms with E-state index in [0.717, 1.165) is 12.1 Å². The predicted octanol–water partition coefficient (Wildman–Crippen LogP) is 3.72. The summed E-state index contributed by atoms with van der Waals surface area (Å²) in [6.07, 6.45) is 0.865. The Bertz CT molecular complexity index is 615. The fourth-order valence-corrected chi connectivity index (χ4v) is 7.01. The second kappa shape index (κ2) is 6.62. The third kappa shape index (κ3) is 3.85. The molecule has 0 radical (unpaired) electrons. The molecule has 1 heterocycles. The zero-order valence-electron chi connectivity index (χ0n) is 11.3. The van der Waals surface area contributed by atoms with Crippen LogP contribution in [0.3, 0.4) is 0 Å². The molecule has 0 saturated carbocycles. The topological polar surface area (TPSA) is 34.1 Å². The molecule has 0 spiro atoms. The minimum absolute atomic E-state index is 0.0658. The van der Waals surface area contributed by atoms with E-state index in [9.17, 15) is 17.2 Å². The van der Waals surface area contributed by atoms with Crippen molar-refractivity contribution in [2.45, 2.75) is 12.8 Å². The molecule has 1 aliphatic rings. The smallest absolute Gasteiger partial charge is 0.150 e. The maximum Gasteiger partial charge on any atom is 0.150 e. The molecule has 0 aliphatic carbocycles. The quantitative estimate of drug-likeness (QED) is 0.647. The first-order valence-electron chi connectivity index (χ1n) is 6.58. The van der Waals surface area contributed by atoms with Crippen LogP contribution in [-0.2, 0) is 16.3 Å². The number of benzene rings is 1. The maximum atomic E-state index is 13.9. The van der Waals surface area contributed by atoms with Gasteiger partial charge in [-0.15, -0.1) is 0 Å². The van der Waals surface area contributed by atoms with Crippen LogP contribution < -0.4 is 0 Å². The number of alkyl halides is 2. The molecule has 1 fully saturated rings. The van der Waals surface area contributed by atoms with Gasteiger partial charge in [0.15, 0.2) is 9.84 Å². The number of hydrogen-bond donors (Lipinski definition) is 0. The van der Waals surface area contributed by atoms with Gasteiger partial charge in [0.25, 0.3) is 0 Å². The van der Waals surface area contributed by atoms with Crippen LogP contribution in [0.15, 0.2) is 18.2 Å². The molecule has 1 atom stereocenters. The fourth-order valence-electron chi connectivity index (χ4n) is 2.83. The highest BCUT2D eigenvalue weighted by atomic mass is 79.9. The van der Waals surface area contributed by atoms with Crippen molar-refractivity contribution in [2.75, 3.05) is 22.2 Å². The van der Waals surface area contributed by atoms with Crippen LogP contribution in [0.2, 0.25) is 0 Å². The van der Waals surface area contributed by atoms with Crippen LogP contribution in [0.5, 0.6) is 0 Å². The lowest BCUT2D eigenvalue weighted by molar-refractivity contribution is 0.250. The van der Waals surface area contributed by atoms with Crippen molar-refractivity contribution in [3.8, 4) is 0 Å².